The third-order valence-corrected chi connectivity index (χ3v) is 2.53. The lowest BCUT2D eigenvalue weighted by Gasteiger charge is -2.27. The average molecular weight is 278 g/mol. The number of amides is 2. The molecule has 0 aromatic heterocycles. The quantitative estimate of drug-likeness (QED) is 0.916. The fraction of sp³-hybridized carbons (Fsp3) is 0.467. The van der Waals surface area contributed by atoms with Crippen molar-refractivity contribution in [3.63, 3.8) is 0 Å². The third kappa shape index (κ3) is 5.40. The molecular formula is C15H22N2O3. The van der Waals surface area contributed by atoms with Crippen LogP contribution in [0.25, 0.3) is 0 Å². The Morgan fingerprint density at radius 2 is 1.80 bits per heavy atom. The van der Waals surface area contributed by atoms with E-state index < -0.39 is 12.0 Å². The molecule has 110 valence electrons. The fourth-order valence-corrected chi connectivity index (χ4v) is 1.64. The summed E-state index contributed by atoms with van der Waals surface area (Å²) in [6.07, 6.45) is -0.653. The Morgan fingerprint density at radius 1 is 1.20 bits per heavy atom. The second-order valence-electron chi connectivity index (χ2n) is 5.78. The van der Waals surface area contributed by atoms with E-state index in [4.69, 9.17) is 10.5 Å². The van der Waals surface area contributed by atoms with Crippen LogP contribution in [0.4, 0.5) is 4.79 Å². The molecule has 1 aromatic rings. The maximum Gasteiger partial charge on any atom is 0.416 e. The minimum absolute atomic E-state index is 0.137. The van der Waals surface area contributed by atoms with E-state index in [9.17, 15) is 9.59 Å². The molecule has 0 fully saturated rings. The molecule has 1 aromatic carbocycles. The minimum atomic E-state index is -0.653. The first-order valence-electron chi connectivity index (χ1n) is 6.54. The van der Waals surface area contributed by atoms with E-state index >= 15 is 0 Å². The standard InChI is InChI=1S/C15H22N2O3/c1-15(2,3)11-17(13(18)9-16)14(19)20-10-12-7-5-4-6-8-12/h4-8H,9-11,16H2,1-3H3. The monoisotopic (exact) mass is 278 g/mol. The number of carbonyl (C=O) groups excluding carboxylic acids is 2. The predicted molar refractivity (Wildman–Crippen MR) is 76.8 cm³/mol. The topological polar surface area (TPSA) is 72.6 Å². The summed E-state index contributed by atoms with van der Waals surface area (Å²) < 4.78 is 5.17. The van der Waals surface area contributed by atoms with Crippen molar-refractivity contribution in [2.45, 2.75) is 27.4 Å². The van der Waals surface area contributed by atoms with Gasteiger partial charge in [-0.15, -0.1) is 0 Å². The van der Waals surface area contributed by atoms with Gasteiger partial charge in [-0.2, -0.15) is 0 Å². The molecule has 20 heavy (non-hydrogen) atoms. The number of carbonyl (C=O) groups is 2. The predicted octanol–water partition coefficient (Wildman–Crippen LogP) is 2.16. The Labute approximate surface area is 119 Å². The molecule has 0 radical (unpaired) electrons. The van der Waals surface area contributed by atoms with Gasteiger partial charge in [-0.25, -0.2) is 9.69 Å². The lowest BCUT2D eigenvalue weighted by molar-refractivity contribution is -0.129. The molecule has 0 heterocycles. The fourth-order valence-electron chi connectivity index (χ4n) is 1.64. The van der Waals surface area contributed by atoms with E-state index in [-0.39, 0.29) is 25.1 Å². The van der Waals surface area contributed by atoms with E-state index in [0.717, 1.165) is 10.5 Å². The first-order valence-corrected chi connectivity index (χ1v) is 6.54. The summed E-state index contributed by atoms with van der Waals surface area (Å²) in [6, 6.07) is 9.32. The van der Waals surface area contributed by atoms with Gasteiger partial charge in [0.1, 0.15) is 6.61 Å². The molecule has 0 aliphatic carbocycles. The number of hydrogen-bond donors (Lipinski definition) is 1. The molecule has 0 spiro atoms. The summed E-state index contributed by atoms with van der Waals surface area (Å²) in [7, 11) is 0. The van der Waals surface area contributed by atoms with Gasteiger partial charge < -0.3 is 10.5 Å². The van der Waals surface area contributed by atoms with Crippen LogP contribution in [-0.2, 0) is 16.1 Å². The number of hydrogen-bond acceptors (Lipinski definition) is 4. The number of imide groups is 1. The molecule has 2 N–H and O–H groups in total. The smallest absolute Gasteiger partial charge is 0.416 e. The Balaban J connectivity index is 2.66. The SMILES string of the molecule is CC(C)(C)CN(C(=O)CN)C(=O)OCc1ccccc1. The summed E-state index contributed by atoms with van der Waals surface area (Å²) >= 11 is 0. The molecule has 0 aliphatic heterocycles. The highest BCUT2D eigenvalue weighted by molar-refractivity contribution is 5.93. The van der Waals surface area contributed by atoms with Gasteiger partial charge in [0, 0.05) is 6.54 Å². The van der Waals surface area contributed by atoms with E-state index in [2.05, 4.69) is 0 Å². The van der Waals surface area contributed by atoms with Gasteiger partial charge in [-0.3, -0.25) is 4.79 Å². The lowest BCUT2D eigenvalue weighted by Crippen LogP contribution is -2.45. The Morgan fingerprint density at radius 3 is 2.30 bits per heavy atom. The van der Waals surface area contributed by atoms with Crippen molar-refractivity contribution < 1.29 is 14.3 Å². The number of benzene rings is 1. The number of nitrogens with two attached hydrogens (primary N) is 1. The summed E-state index contributed by atoms with van der Waals surface area (Å²) in [5.74, 6) is -0.432. The van der Waals surface area contributed by atoms with Gasteiger partial charge in [-0.1, -0.05) is 51.1 Å². The third-order valence-electron chi connectivity index (χ3n) is 2.53. The maximum absolute atomic E-state index is 12.0. The Kier molecular flexibility index (Phi) is 5.70. The summed E-state index contributed by atoms with van der Waals surface area (Å²) in [5.41, 5.74) is 6.00. The van der Waals surface area contributed by atoms with Gasteiger partial charge in [0.05, 0.1) is 6.54 Å². The zero-order chi connectivity index (χ0) is 15.2. The molecule has 0 aliphatic rings. The molecule has 5 nitrogen and oxygen atoms in total. The van der Waals surface area contributed by atoms with E-state index in [1.807, 2.05) is 51.1 Å². The second kappa shape index (κ2) is 7.05. The van der Waals surface area contributed by atoms with E-state index in [0.29, 0.717) is 0 Å². The number of ether oxygens (including phenoxy) is 1. The van der Waals surface area contributed by atoms with Crippen LogP contribution in [0.3, 0.4) is 0 Å². The minimum Gasteiger partial charge on any atom is -0.444 e. The van der Waals surface area contributed by atoms with Crippen molar-refractivity contribution in [1.82, 2.24) is 4.90 Å². The van der Waals surface area contributed by atoms with Crippen molar-refractivity contribution >= 4 is 12.0 Å². The van der Waals surface area contributed by atoms with Crippen molar-refractivity contribution in [1.29, 1.82) is 0 Å². The highest BCUT2D eigenvalue weighted by Gasteiger charge is 2.27. The van der Waals surface area contributed by atoms with Gasteiger partial charge >= 0.3 is 6.09 Å². The van der Waals surface area contributed by atoms with Crippen molar-refractivity contribution in [2.24, 2.45) is 11.1 Å². The normalized spacial score (nSPS) is 11.0. The highest BCUT2D eigenvalue weighted by Crippen LogP contribution is 2.16. The lowest BCUT2D eigenvalue weighted by atomic mass is 9.96. The molecule has 2 amide bonds. The number of nitrogens with zero attached hydrogens (tertiary/aromatic N) is 1. The summed E-state index contributed by atoms with van der Waals surface area (Å²) in [6.45, 7) is 6.02. The maximum atomic E-state index is 12.0. The van der Waals surface area contributed by atoms with Crippen LogP contribution in [-0.4, -0.2) is 30.0 Å². The van der Waals surface area contributed by atoms with Crippen LogP contribution in [0, 0.1) is 5.41 Å². The number of rotatable bonds is 4. The summed E-state index contributed by atoms with van der Waals surface area (Å²) in [4.78, 5) is 24.8. The Hall–Kier alpha value is -1.88. The second-order valence-corrected chi connectivity index (χ2v) is 5.78. The zero-order valence-corrected chi connectivity index (χ0v) is 12.3. The molecule has 0 saturated carbocycles. The van der Waals surface area contributed by atoms with Crippen molar-refractivity contribution in [3.05, 3.63) is 35.9 Å². The molecule has 0 saturated heterocycles. The first-order chi connectivity index (χ1) is 9.33. The summed E-state index contributed by atoms with van der Waals surface area (Å²) in [5, 5.41) is 0. The highest BCUT2D eigenvalue weighted by atomic mass is 16.6. The molecule has 1 rings (SSSR count). The molecule has 5 heteroatoms. The largest absolute Gasteiger partial charge is 0.444 e. The van der Waals surface area contributed by atoms with Crippen LogP contribution in [0.2, 0.25) is 0 Å². The van der Waals surface area contributed by atoms with Gasteiger partial charge in [0.15, 0.2) is 0 Å². The van der Waals surface area contributed by atoms with E-state index in [1.54, 1.807) is 0 Å². The Bertz CT molecular complexity index is 452. The van der Waals surface area contributed by atoms with Crippen LogP contribution >= 0.6 is 0 Å². The van der Waals surface area contributed by atoms with Crippen LogP contribution in [0.5, 0.6) is 0 Å². The van der Waals surface area contributed by atoms with Crippen LogP contribution in [0.15, 0.2) is 30.3 Å². The van der Waals surface area contributed by atoms with Crippen LogP contribution < -0.4 is 5.73 Å². The first kappa shape index (κ1) is 16.2. The molecule has 0 atom stereocenters. The van der Waals surface area contributed by atoms with Gasteiger partial charge in [0.2, 0.25) is 5.91 Å². The molecular weight excluding hydrogens is 256 g/mol. The van der Waals surface area contributed by atoms with Crippen LogP contribution in [0.1, 0.15) is 26.3 Å². The molecule has 0 bridgehead atoms. The van der Waals surface area contributed by atoms with Crippen molar-refractivity contribution in [2.75, 3.05) is 13.1 Å². The molecule has 0 unspecified atom stereocenters. The van der Waals surface area contributed by atoms with Gasteiger partial charge in [0.25, 0.3) is 0 Å². The van der Waals surface area contributed by atoms with Gasteiger partial charge in [-0.05, 0) is 11.0 Å². The average Bonchev–Trinajstić information content (AvgIpc) is 2.41. The van der Waals surface area contributed by atoms with Crippen molar-refractivity contribution in [3.8, 4) is 0 Å². The van der Waals surface area contributed by atoms with E-state index in [1.165, 1.54) is 0 Å². The zero-order valence-electron chi connectivity index (χ0n) is 12.3.